The van der Waals surface area contributed by atoms with Gasteiger partial charge < -0.3 is 14.4 Å². The van der Waals surface area contributed by atoms with Gasteiger partial charge in [0.2, 0.25) is 5.91 Å². The zero-order valence-corrected chi connectivity index (χ0v) is 9.83. The lowest BCUT2D eigenvalue weighted by atomic mass is 10.1. The molecule has 1 aliphatic rings. The number of methoxy groups -OCH3 is 1. The van der Waals surface area contributed by atoms with Crippen LogP contribution in [0.15, 0.2) is 24.5 Å². The van der Waals surface area contributed by atoms with Crippen LogP contribution in [0.4, 0.5) is 0 Å². The minimum Gasteiger partial charge on any atom is -0.375 e. The van der Waals surface area contributed by atoms with Crippen molar-refractivity contribution in [2.75, 3.05) is 33.4 Å². The van der Waals surface area contributed by atoms with Crippen molar-refractivity contribution in [3.05, 3.63) is 30.1 Å². The van der Waals surface area contributed by atoms with Gasteiger partial charge in [-0.3, -0.25) is 9.78 Å². The Labute approximate surface area is 100 Å². The maximum absolute atomic E-state index is 11.7. The molecule has 0 saturated carbocycles. The third-order valence-corrected chi connectivity index (χ3v) is 2.74. The number of pyridine rings is 1. The van der Waals surface area contributed by atoms with Gasteiger partial charge in [0.05, 0.1) is 13.2 Å². The van der Waals surface area contributed by atoms with E-state index in [1.54, 1.807) is 17.3 Å². The molecule has 92 valence electrons. The number of ether oxygens (including phenoxy) is 2. The van der Waals surface area contributed by atoms with Crippen molar-refractivity contribution in [3.8, 4) is 0 Å². The van der Waals surface area contributed by atoms with E-state index in [4.69, 9.17) is 9.47 Å². The van der Waals surface area contributed by atoms with E-state index in [9.17, 15) is 4.79 Å². The first-order valence-electron chi connectivity index (χ1n) is 5.59. The lowest BCUT2D eigenvalue weighted by Crippen LogP contribution is -2.43. The van der Waals surface area contributed by atoms with Crippen molar-refractivity contribution in [2.45, 2.75) is 6.10 Å². The summed E-state index contributed by atoms with van der Waals surface area (Å²) in [4.78, 5) is 17.5. The van der Waals surface area contributed by atoms with Gasteiger partial charge in [0.1, 0.15) is 12.7 Å². The van der Waals surface area contributed by atoms with E-state index in [1.807, 2.05) is 12.1 Å². The highest BCUT2D eigenvalue weighted by atomic mass is 16.5. The van der Waals surface area contributed by atoms with Crippen LogP contribution >= 0.6 is 0 Å². The Hall–Kier alpha value is -1.46. The molecule has 1 saturated heterocycles. The van der Waals surface area contributed by atoms with Crippen molar-refractivity contribution in [1.29, 1.82) is 0 Å². The standard InChI is InChI=1S/C12H16N2O3/c1-16-9-12(15)14-5-6-17-11(8-14)10-3-2-4-13-7-10/h2-4,7,11H,5-6,8-9H2,1H3. The molecule has 0 radical (unpaired) electrons. The van der Waals surface area contributed by atoms with E-state index in [2.05, 4.69) is 4.98 Å². The smallest absolute Gasteiger partial charge is 0.248 e. The van der Waals surface area contributed by atoms with E-state index < -0.39 is 0 Å². The number of morpholine rings is 1. The molecule has 0 N–H and O–H groups in total. The van der Waals surface area contributed by atoms with E-state index in [-0.39, 0.29) is 18.6 Å². The molecule has 1 atom stereocenters. The van der Waals surface area contributed by atoms with Gasteiger partial charge in [-0.15, -0.1) is 0 Å². The van der Waals surface area contributed by atoms with Crippen LogP contribution in [0.1, 0.15) is 11.7 Å². The fourth-order valence-electron chi connectivity index (χ4n) is 1.86. The van der Waals surface area contributed by atoms with Gasteiger partial charge in [-0.2, -0.15) is 0 Å². The molecule has 0 spiro atoms. The number of nitrogens with zero attached hydrogens (tertiary/aromatic N) is 2. The monoisotopic (exact) mass is 236 g/mol. The number of aromatic nitrogens is 1. The van der Waals surface area contributed by atoms with Gasteiger partial charge in [0.25, 0.3) is 0 Å². The molecule has 2 rings (SSSR count). The first-order valence-corrected chi connectivity index (χ1v) is 5.59. The molecule has 0 aromatic carbocycles. The molecular weight excluding hydrogens is 220 g/mol. The maximum atomic E-state index is 11.7. The second kappa shape index (κ2) is 5.75. The molecule has 0 bridgehead atoms. The maximum Gasteiger partial charge on any atom is 0.248 e. The molecule has 17 heavy (non-hydrogen) atoms. The van der Waals surface area contributed by atoms with E-state index in [1.165, 1.54) is 7.11 Å². The molecule has 1 aromatic heterocycles. The first kappa shape index (κ1) is 12.0. The highest BCUT2D eigenvalue weighted by Crippen LogP contribution is 2.21. The van der Waals surface area contributed by atoms with E-state index in [0.717, 1.165) is 5.56 Å². The number of carbonyl (C=O) groups is 1. The largest absolute Gasteiger partial charge is 0.375 e. The fourth-order valence-corrected chi connectivity index (χ4v) is 1.86. The summed E-state index contributed by atoms with van der Waals surface area (Å²) in [6.45, 7) is 1.86. The average Bonchev–Trinajstić information content (AvgIpc) is 2.40. The number of hydrogen-bond acceptors (Lipinski definition) is 4. The fraction of sp³-hybridized carbons (Fsp3) is 0.500. The summed E-state index contributed by atoms with van der Waals surface area (Å²) >= 11 is 0. The van der Waals surface area contributed by atoms with Crippen molar-refractivity contribution in [1.82, 2.24) is 9.88 Å². The summed E-state index contributed by atoms with van der Waals surface area (Å²) in [5.74, 6) is 0.00434. The molecule has 1 aliphatic heterocycles. The van der Waals surface area contributed by atoms with Crippen LogP contribution in [-0.4, -0.2) is 49.2 Å². The van der Waals surface area contributed by atoms with Gasteiger partial charge >= 0.3 is 0 Å². The third kappa shape index (κ3) is 3.01. The first-order chi connectivity index (χ1) is 8.31. The van der Waals surface area contributed by atoms with Crippen molar-refractivity contribution in [3.63, 3.8) is 0 Å². The number of carbonyl (C=O) groups excluding carboxylic acids is 1. The van der Waals surface area contributed by atoms with Gasteiger partial charge in [0, 0.05) is 31.6 Å². The molecule has 1 amide bonds. The lowest BCUT2D eigenvalue weighted by molar-refractivity contribution is -0.142. The third-order valence-electron chi connectivity index (χ3n) is 2.74. The van der Waals surface area contributed by atoms with E-state index >= 15 is 0 Å². The molecule has 0 aliphatic carbocycles. The second-order valence-corrected chi connectivity index (χ2v) is 3.92. The van der Waals surface area contributed by atoms with Gasteiger partial charge in [-0.1, -0.05) is 6.07 Å². The topological polar surface area (TPSA) is 51.7 Å². The van der Waals surface area contributed by atoms with Gasteiger partial charge in [0.15, 0.2) is 0 Å². The SMILES string of the molecule is COCC(=O)N1CCOC(c2cccnc2)C1. The van der Waals surface area contributed by atoms with Crippen LogP contribution in [0, 0.1) is 0 Å². The predicted molar refractivity (Wildman–Crippen MR) is 61.4 cm³/mol. The summed E-state index contributed by atoms with van der Waals surface area (Å²) in [7, 11) is 1.52. The van der Waals surface area contributed by atoms with Crippen LogP contribution in [0.2, 0.25) is 0 Å². The quantitative estimate of drug-likeness (QED) is 0.772. The lowest BCUT2D eigenvalue weighted by Gasteiger charge is -2.32. The number of rotatable bonds is 3. The summed E-state index contributed by atoms with van der Waals surface area (Å²) in [5.41, 5.74) is 1.00. The Morgan fingerprint density at radius 1 is 1.71 bits per heavy atom. The molecule has 1 unspecified atom stereocenters. The molecular formula is C12H16N2O3. The summed E-state index contributed by atoms with van der Waals surface area (Å²) in [6.07, 6.45) is 3.41. The Morgan fingerprint density at radius 2 is 2.59 bits per heavy atom. The van der Waals surface area contributed by atoms with Crippen molar-refractivity contribution in [2.24, 2.45) is 0 Å². The zero-order chi connectivity index (χ0) is 12.1. The number of hydrogen-bond donors (Lipinski definition) is 0. The Morgan fingerprint density at radius 3 is 3.29 bits per heavy atom. The summed E-state index contributed by atoms with van der Waals surface area (Å²) < 4.78 is 10.5. The minimum absolute atomic E-state index is 0.00434. The average molecular weight is 236 g/mol. The van der Waals surface area contributed by atoms with Gasteiger partial charge in [-0.25, -0.2) is 0 Å². The predicted octanol–water partition coefficient (Wildman–Crippen LogP) is 0.628. The molecule has 5 nitrogen and oxygen atoms in total. The van der Waals surface area contributed by atoms with Gasteiger partial charge in [-0.05, 0) is 6.07 Å². The Kier molecular flexibility index (Phi) is 4.06. The normalized spacial score (nSPS) is 20.3. The van der Waals surface area contributed by atoms with Crippen LogP contribution in [0.5, 0.6) is 0 Å². The molecule has 1 aromatic rings. The summed E-state index contributed by atoms with van der Waals surface area (Å²) in [6, 6.07) is 3.83. The minimum atomic E-state index is -0.0849. The van der Waals surface area contributed by atoms with Crippen molar-refractivity contribution >= 4 is 5.91 Å². The van der Waals surface area contributed by atoms with Crippen LogP contribution < -0.4 is 0 Å². The molecule has 1 fully saturated rings. The molecule has 2 heterocycles. The summed E-state index contributed by atoms with van der Waals surface area (Å²) in [5, 5.41) is 0. The van der Waals surface area contributed by atoms with Crippen molar-refractivity contribution < 1.29 is 14.3 Å². The number of amides is 1. The van der Waals surface area contributed by atoms with Crippen LogP contribution in [0.3, 0.4) is 0 Å². The Balaban J connectivity index is 2.00. The molecule has 5 heteroatoms. The highest BCUT2D eigenvalue weighted by Gasteiger charge is 2.25. The zero-order valence-electron chi connectivity index (χ0n) is 9.83. The second-order valence-electron chi connectivity index (χ2n) is 3.92. The highest BCUT2D eigenvalue weighted by molar-refractivity contribution is 5.77. The van der Waals surface area contributed by atoms with E-state index in [0.29, 0.717) is 19.7 Å². The van der Waals surface area contributed by atoms with Crippen LogP contribution in [-0.2, 0) is 14.3 Å². The Bertz CT molecular complexity index is 369. The van der Waals surface area contributed by atoms with Crippen LogP contribution in [0.25, 0.3) is 0 Å².